The average Bonchev–Trinajstić information content (AvgIpc) is 3.09. The molecule has 0 atom stereocenters. The minimum atomic E-state index is -0.0598. The number of hydrogen-bond donors (Lipinski definition) is 0. The summed E-state index contributed by atoms with van der Waals surface area (Å²) in [6.07, 6.45) is 7.66. The third kappa shape index (κ3) is 3.41. The van der Waals surface area contributed by atoms with Crippen molar-refractivity contribution >= 4 is 33.5 Å². The summed E-state index contributed by atoms with van der Waals surface area (Å²) in [5.74, 6) is 0. The molecule has 0 saturated heterocycles. The van der Waals surface area contributed by atoms with Crippen molar-refractivity contribution in [3.05, 3.63) is 57.0 Å². The number of aryl methyl sites for hydroxylation is 2. The maximum Gasteiger partial charge on any atom is 0.282 e. The van der Waals surface area contributed by atoms with Gasteiger partial charge in [-0.2, -0.15) is 9.78 Å². The van der Waals surface area contributed by atoms with Crippen molar-refractivity contribution in [3.8, 4) is 0 Å². The topological polar surface area (TPSA) is 50.5 Å². The highest BCUT2D eigenvalue weighted by Gasteiger charge is 2.19. The van der Waals surface area contributed by atoms with Gasteiger partial charge in [0.1, 0.15) is 11.2 Å². The predicted molar refractivity (Wildman–Crippen MR) is 114 cm³/mol. The van der Waals surface area contributed by atoms with Crippen LogP contribution in [-0.2, 0) is 12.8 Å². The van der Waals surface area contributed by atoms with E-state index in [1.807, 2.05) is 12.1 Å². The fraction of sp³-hybridized carbons (Fsp3) is 0.381. The summed E-state index contributed by atoms with van der Waals surface area (Å²) in [5.41, 5.74) is 3.30. The molecular formula is C21H24N4OS. The zero-order valence-corrected chi connectivity index (χ0v) is 16.6. The molecule has 0 N–H and O–H groups in total. The largest absolute Gasteiger partial charge is 0.372 e. The maximum absolute atomic E-state index is 12.9. The third-order valence-corrected chi connectivity index (χ3v) is 6.41. The van der Waals surface area contributed by atoms with Crippen LogP contribution in [0.3, 0.4) is 0 Å². The number of thiophene rings is 1. The van der Waals surface area contributed by atoms with Crippen molar-refractivity contribution in [2.45, 2.75) is 39.5 Å². The first-order valence-corrected chi connectivity index (χ1v) is 10.4. The molecule has 0 saturated carbocycles. The van der Waals surface area contributed by atoms with Crippen LogP contribution in [0.1, 0.15) is 42.7 Å². The van der Waals surface area contributed by atoms with E-state index in [0.29, 0.717) is 0 Å². The second-order valence-corrected chi connectivity index (χ2v) is 7.88. The van der Waals surface area contributed by atoms with Gasteiger partial charge in [-0.1, -0.05) is 12.1 Å². The molecule has 2 aromatic heterocycles. The molecule has 6 heteroatoms. The number of nitrogens with zero attached hydrogens (tertiary/aromatic N) is 4. The van der Waals surface area contributed by atoms with Gasteiger partial charge in [0.2, 0.25) is 0 Å². The Morgan fingerprint density at radius 1 is 1.19 bits per heavy atom. The average molecular weight is 381 g/mol. The summed E-state index contributed by atoms with van der Waals surface area (Å²) in [5, 5.41) is 5.15. The van der Waals surface area contributed by atoms with Gasteiger partial charge in [0.05, 0.1) is 11.6 Å². The Labute approximate surface area is 163 Å². The highest BCUT2D eigenvalue weighted by Crippen LogP contribution is 2.33. The Bertz CT molecular complexity index is 1030. The zero-order valence-electron chi connectivity index (χ0n) is 15.8. The first-order valence-electron chi connectivity index (χ1n) is 9.62. The van der Waals surface area contributed by atoms with Crippen molar-refractivity contribution in [1.29, 1.82) is 0 Å². The van der Waals surface area contributed by atoms with Crippen LogP contribution >= 0.6 is 11.3 Å². The van der Waals surface area contributed by atoms with E-state index in [4.69, 9.17) is 0 Å². The summed E-state index contributed by atoms with van der Waals surface area (Å²) < 4.78 is 1.36. The van der Waals surface area contributed by atoms with Gasteiger partial charge in [-0.15, -0.1) is 11.3 Å². The molecule has 2 heterocycles. The summed E-state index contributed by atoms with van der Waals surface area (Å²) in [6.45, 7) is 6.27. The first kappa shape index (κ1) is 17.9. The maximum atomic E-state index is 12.9. The second kappa shape index (κ2) is 7.64. The van der Waals surface area contributed by atoms with Gasteiger partial charge in [0.15, 0.2) is 0 Å². The number of benzene rings is 1. The van der Waals surface area contributed by atoms with Crippen LogP contribution in [0, 0.1) is 0 Å². The lowest BCUT2D eigenvalue weighted by molar-refractivity contribution is 0.699. The third-order valence-electron chi connectivity index (χ3n) is 5.21. The quantitative estimate of drug-likeness (QED) is 0.627. The Morgan fingerprint density at radius 2 is 1.93 bits per heavy atom. The number of aromatic nitrogens is 2. The number of anilines is 1. The van der Waals surface area contributed by atoms with E-state index in [2.05, 4.69) is 41.0 Å². The minimum Gasteiger partial charge on any atom is -0.372 e. The molecule has 1 aromatic carbocycles. The van der Waals surface area contributed by atoms with Gasteiger partial charge in [0.25, 0.3) is 5.56 Å². The molecule has 0 amide bonds. The van der Waals surface area contributed by atoms with Crippen LogP contribution in [0.25, 0.3) is 10.2 Å². The van der Waals surface area contributed by atoms with E-state index in [0.717, 1.165) is 48.1 Å². The van der Waals surface area contributed by atoms with E-state index >= 15 is 0 Å². The standard InChI is InChI=1S/C21H24N4OS/c1-3-24(4-2)16-11-9-15(10-12-16)13-23-25-14-22-20-19(21(25)26)17-7-5-6-8-18(17)27-20/h9-14H,3-8H2,1-2H3/b23-13-. The molecule has 5 nitrogen and oxygen atoms in total. The van der Waals surface area contributed by atoms with E-state index in [1.54, 1.807) is 17.6 Å². The van der Waals surface area contributed by atoms with Gasteiger partial charge < -0.3 is 4.90 Å². The smallest absolute Gasteiger partial charge is 0.282 e. The lowest BCUT2D eigenvalue weighted by Gasteiger charge is -2.20. The van der Waals surface area contributed by atoms with Gasteiger partial charge >= 0.3 is 0 Å². The second-order valence-electron chi connectivity index (χ2n) is 6.79. The van der Waals surface area contributed by atoms with Crippen molar-refractivity contribution < 1.29 is 0 Å². The molecule has 0 unspecified atom stereocenters. The highest BCUT2D eigenvalue weighted by atomic mass is 32.1. The van der Waals surface area contributed by atoms with E-state index in [1.165, 1.54) is 33.6 Å². The van der Waals surface area contributed by atoms with Crippen LogP contribution in [0.15, 0.2) is 40.5 Å². The van der Waals surface area contributed by atoms with Crippen LogP contribution in [-0.4, -0.2) is 29.0 Å². The lowest BCUT2D eigenvalue weighted by atomic mass is 9.97. The molecular weight excluding hydrogens is 356 g/mol. The molecule has 0 aliphatic heterocycles. The fourth-order valence-corrected chi connectivity index (χ4v) is 4.93. The number of hydrogen-bond acceptors (Lipinski definition) is 5. The monoisotopic (exact) mass is 380 g/mol. The molecule has 140 valence electrons. The minimum absolute atomic E-state index is 0.0598. The Hall–Kier alpha value is -2.47. The first-order chi connectivity index (χ1) is 13.2. The predicted octanol–water partition coefficient (Wildman–Crippen LogP) is 4.07. The summed E-state index contributed by atoms with van der Waals surface area (Å²) in [6, 6.07) is 8.24. The van der Waals surface area contributed by atoms with Crippen LogP contribution in [0.4, 0.5) is 5.69 Å². The van der Waals surface area contributed by atoms with Crippen molar-refractivity contribution in [2.75, 3.05) is 18.0 Å². The SMILES string of the molecule is CCN(CC)c1ccc(/C=N\n2cnc3sc4c(c3c2=O)CCCC4)cc1. The van der Waals surface area contributed by atoms with Gasteiger partial charge in [-0.3, -0.25) is 4.79 Å². The number of fused-ring (bicyclic) bond motifs is 3. The summed E-state index contributed by atoms with van der Waals surface area (Å²) in [4.78, 5) is 21.9. The van der Waals surface area contributed by atoms with Gasteiger partial charge in [-0.25, -0.2) is 4.98 Å². The van der Waals surface area contributed by atoms with Crippen molar-refractivity contribution in [3.63, 3.8) is 0 Å². The number of rotatable bonds is 5. The zero-order chi connectivity index (χ0) is 18.8. The molecule has 0 fully saturated rings. The molecule has 27 heavy (non-hydrogen) atoms. The van der Waals surface area contributed by atoms with E-state index in [-0.39, 0.29) is 5.56 Å². The van der Waals surface area contributed by atoms with Crippen LogP contribution in [0.2, 0.25) is 0 Å². The summed E-state index contributed by atoms with van der Waals surface area (Å²) >= 11 is 1.66. The van der Waals surface area contributed by atoms with E-state index < -0.39 is 0 Å². The highest BCUT2D eigenvalue weighted by molar-refractivity contribution is 7.18. The molecule has 1 aliphatic rings. The fourth-order valence-electron chi connectivity index (χ4n) is 3.71. The Balaban J connectivity index is 1.63. The normalized spacial score (nSPS) is 14.0. The van der Waals surface area contributed by atoms with E-state index in [9.17, 15) is 4.79 Å². The molecule has 1 aliphatic carbocycles. The molecule has 0 bridgehead atoms. The Kier molecular flexibility index (Phi) is 5.07. The molecule has 3 aromatic rings. The van der Waals surface area contributed by atoms with Gasteiger partial charge in [-0.05, 0) is 62.8 Å². The van der Waals surface area contributed by atoms with Crippen molar-refractivity contribution in [2.24, 2.45) is 5.10 Å². The molecule has 0 radical (unpaired) electrons. The summed E-state index contributed by atoms with van der Waals surface area (Å²) in [7, 11) is 0. The van der Waals surface area contributed by atoms with Gasteiger partial charge in [0, 0.05) is 23.7 Å². The van der Waals surface area contributed by atoms with Crippen LogP contribution in [0.5, 0.6) is 0 Å². The molecule has 4 rings (SSSR count). The lowest BCUT2D eigenvalue weighted by Crippen LogP contribution is -2.21. The van der Waals surface area contributed by atoms with Crippen LogP contribution < -0.4 is 10.5 Å². The Morgan fingerprint density at radius 3 is 2.67 bits per heavy atom. The molecule has 0 spiro atoms. The van der Waals surface area contributed by atoms with Crippen molar-refractivity contribution in [1.82, 2.24) is 9.66 Å².